The van der Waals surface area contributed by atoms with Crippen LogP contribution in [-0.2, 0) is 27.2 Å². The van der Waals surface area contributed by atoms with E-state index < -0.39 is 15.2 Å². The van der Waals surface area contributed by atoms with E-state index in [0.29, 0.717) is 12.3 Å². The van der Waals surface area contributed by atoms with Gasteiger partial charge in [-0.25, -0.2) is 0 Å². The van der Waals surface area contributed by atoms with Crippen molar-refractivity contribution in [3.05, 3.63) is 0 Å². The molecule has 0 aliphatic heterocycles. The van der Waals surface area contributed by atoms with Gasteiger partial charge in [0.05, 0.1) is 36.7 Å². The van der Waals surface area contributed by atoms with Crippen molar-refractivity contribution in [3.63, 3.8) is 0 Å². The molecule has 0 fully saturated rings. The largest absolute Gasteiger partial charge is 0.331 e. The van der Waals surface area contributed by atoms with E-state index >= 15 is 0 Å². The summed E-state index contributed by atoms with van der Waals surface area (Å²) in [4.78, 5) is 0. The van der Waals surface area contributed by atoms with Gasteiger partial charge in [0.25, 0.3) is 0 Å². The highest BCUT2D eigenvalue weighted by molar-refractivity contribution is 7.58. The zero-order valence-corrected chi connectivity index (χ0v) is 26.5. The maximum absolute atomic E-state index is 12.9. The van der Waals surface area contributed by atoms with E-state index in [1.54, 1.807) is 0 Å². The highest BCUT2D eigenvalue weighted by Gasteiger charge is 2.28. The fourth-order valence-electron chi connectivity index (χ4n) is 3.45. The Morgan fingerprint density at radius 3 is 1.00 bits per heavy atom. The summed E-state index contributed by atoms with van der Waals surface area (Å²) in [6, 6.07) is 0. The van der Waals surface area contributed by atoms with Gasteiger partial charge in [-0.1, -0.05) is 0 Å². The summed E-state index contributed by atoms with van der Waals surface area (Å²) < 4.78 is 48.5. The Morgan fingerprint density at radius 1 is 0.515 bits per heavy atom. The Hall–Kier alpha value is 1.16. The molecule has 0 aromatic rings. The average Bonchev–Trinajstić information content (AvgIpc) is 2.58. The van der Waals surface area contributed by atoms with Gasteiger partial charge < -0.3 is 18.1 Å². The second-order valence-corrected chi connectivity index (χ2v) is 19.3. The van der Waals surface area contributed by atoms with Crippen molar-refractivity contribution in [2.24, 2.45) is 0 Å². The van der Waals surface area contributed by atoms with Crippen LogP contribution in [-0.4, -0.2) is 74.7 Å². The maximum Gasteiger partial charge on any atom is 0.331 e. The van der Waals surface area contributed by atoms with Gasteiger partial charge in [0.1, 0.15) is 0 Å². The van der Waals surface area contributed by atoms with Gasteiger partial charge in [-0.15, -0.1) is 15.8 Å². The van der Waals surface area contributed by atoms with Crippen molar-refractivity contribution in [1.29, 1.82) is 0 Å². The fraction of sp³-hybridized carbons (Fsp3) is 1.00. The molecule has 6 nitrogen and oxygen atoms in total. The highest BCUT2D eigenvalue weighted by atomic mass is 31.2. The Labute approximate surface area is 207 Å². The number of hydrogen-bond donors (Lipinski definition) is 0. The van der Waals surface area contributed by atoms with E-state index in [4.69, 9.17) is 18.1 Å². The third-order valence-corrected chi connectivity index (χ3v) is 13.5. The Kier molecular flexibility index (Phi) is 18.2. The van der Waals surface area contributed by atoms with Crippen LogP contribution in [0.4, 0.5) is 0 Å². The van der Waals surface area contributed by atoms with E-state index in [2.05, 4.69) is 13.3 Å². The topological polar surface area (TPSA) is 71.1 Å². The monoisotopic (exact) mass is 548 g/mol. The molecule has 0 bridgehead atoms. The smallest absolute Gasteiger partial charge is 0.306 e. The van der Waals surface area contributed by atoms with Crippen molar-refractivity contribution in [2.75, 3.05) is 50.3 Å². The zero-order valence-electron chi connectivity index (χ0n) is 22.9. The maximum atomic E-state index is 12.9. The summed E-state index contributed by atoms with van der Waals surface area (Å²) in [6.45, 7) is 19.9. The molecule has 0 N–H and O–H groups in total. The third-order valence-electron chi connectivity index (χ3n) is 4.51. The van der Waals surface area contributed by atoms with Crippen LogP contribution in [0.2, 0.25) is 0 Å². The Morgan fingerprint density at radius 2 is 0.758 bits per heavy atom. The molecular formula is C23H52O6P4. The van der Waals surface area contributed by atoms with E-state index in [1.807, 2.05) is 55.4 Å². The quantitative estimate of drug-likeness (QED) is 0.142. The van der Waals surface area contributed by atoms with Crippen molar-refractivity contribution < 1.29 is 27.2 Å². The molecule has 33 heavy (non-hydrogen) atoms. The van der Waals surface area contributed by atoms with Crippen LogP contribution in [0.15, 0.2) is 0 Å². The highest BCUT2D eigenvalue weighted by Crippen LogP contribution is 2.53. The molecular weight excluding hydrogens is 496 g/mol. The molecule has 0 saturated heterocycles. The minimum atomic E-state index is -3.00. The molecule has 0 aromatic carbocycles. The first kappa shape index (κ1) is 34.2. The van der Waals surface area contributed by atoms with Gasteiger partial charge in [0.2, 0.25) is 0 Å². The number of rotatable bonds is 20. The van der Waals surface area contributed by atoms with Gasteiger partial charge >= 0.3 is 15.2 Å². The summed E-state index contributed by atoms with van der Waals surface area (Å²) in [5.74, 6) is 0. The lowest BCUT2D eigenvalue weighted by Crippen LogP contribution is -2.11. The van der Waals surface area contributed by atoms with E-state index in [9.17, 15) is 9.13 Å². The fourth-order valence-corrected chi connectivity index (χ4v) is 11.6. The van der Waals surface area contributed by atoms with Gasteiger partial charge in [0, 0.05) is 0 Å². The summed E-state index contributed by atoms with van der Waals surface area (Å²) in [5, 5.41) is 0. The molecule has 2 atom stereocenters. The standard InChI is InChI=1S/C23H52O6P4/c1-20(2)26-32(24,27-21(3)4)18-12-16-30(9)14-11-15-31(10)17-13-19-33(25,28-22(5)6)29-23(7)8/h20-23H,11-19H2,1-10H3. The van der Waals surface area contributed by atoms with E-state index in [0.717, 1.165) is 25.2 Å². The molecule has 0 aliphatic carbocycles. The first-order valence-corrected chi connectivity index (χ1v) is 20.2. The summed E-state index contributed by atoms with van der Waals surface area (Å²) >= 11 is 0. The van der Waals surface area contributed by atoms with Crippen LogP contribution < -0.4 is 0 Å². The second-order valence-electron chi connectivity index (χ2n) is 9.95. The molecule has 0 saturated carbocycles. The van der Waals surface area contributed by atoms with Gasteiger partial charge in [-0.3, -0.25) is 9.13 Å². The third kappa shape index (κ3) is 19.0. The normalized spacial score (nSPS) is 15.2. The number of hydrogen-bond acceptors (Lipinski definition) is 6. The molecule has 0 rings (SSSR count). The van der Waals surface area contributed by atoms with Crippen LogP contribution in [0.5, 0.6) is 0 Å². The van der Waals surface area contributed by atoms with Gasteiger partial charge in [0.15, 0.2) is 0 Å². The predicted molar refractivity (Wildman–Crippen MR) is 149 cm³/mol. The molecule has 10 heteroatoms. The van der Waals surface area contributed by atoms with Crippen molar-refractivity contribution in [2.45, 2.75) is 99.1 Å². The Balaban J connectivity index is 4.24. The van der Waals surface area contributed by atoms with Crippen LogP contribution >= 0.6 is 31.0 Å². The first-order valence-electron chi connectivity index (χ1n) is 12.4. The predicted octanol–water partition coefficient (Wildman–Crippen LogP) is 8.47. The van der Waals surface area contributed by atoms with Crippen molar-refractivity contribution in [3.8, 4) is 0 Å². The zero-order chi connectivity index (χ0) is 25.7. The molecule has 0 aliphatic rings. The molecule has 0 heterocycles. The average molecular weight is 549 g/mol. The lowest BCUT2D eigenvalue weighted by molar-refractivity contribution is 0.141. The van der Waals surface area contributed by atoms with Crippen molar-refractivity contribution >= 4 is 31.0 Å². The van der Waals surface area contributed by atoms with Crippen LogP contribution in [0.1, 0.15) is 74.7 Å². The molecule has 200 valence electrons. The summed E-state index contributed by atoms with van der Waals surface area (Å²) in [7, 11) is -6.13. The van der Waals surface area contributed by atoms with Crippen molar-refractivity contribution in [1.82, 2.24) is 0 Å². The molecule has 0 amide bonds. The molecule has 2 unspecified atom stereocenters. The first-order chi connectivity index (χ1) is 15.2. The van der Waals surface area contributed by atoms with Gasteiger partial charge in [-0.05, 0) is 113 Å². The van der Waals surface area contributed by atoms with Crippen LogP contribution in [0, 0.1) is 0 Å². The lowest BCUT2D eigenvalue weighted by atomic mass is 10.5. The minimum Gasteiger partial charge on any atom is -0.306 e. The van der Waals surface area contributed by atoms with Crippen LogP contribution in [0.3, 0.4) is 0 Å². The molecule has 0 spiro atoms. The minimum absolute atomic E-state index is 0.0627. The molecule has 0 radical (unpaired) electrons. The lowest BCUT2D eigenvalue weighted by Gasteiger charge is -2.23. The van der Waals surface area contributed by atoms with Crippen LogP contribution in [0.25, 0.3) is 0 Å². The van der Waals surface area contributed by atoms with E-state index in [1.165, 1.54) is 18.7 Å². The summed E-state index contributed by atoms with van der Waals surface area (Å²) in [5.41, 5.74) is 0. The SMILES string of the molecule is CC(C)OP(=O)(CCCP(C)CCCP(C)CCCP(=O)(OC(C)C)OC(C)C)OC(C)C. The van der Waals surface area contributed by atoms with Gasteiger partial charge in [-0.2, -0.15) is 0 Å². The van der Waals surface area contributed by atoms with E-state index in [-0.39, 0.29) is 40.3 Å². The summed E-state index contributed by atoms with van der Waals surface area (Å²) in [6.07, 6.45) is 8.35. The Bertz CT molecular complexity index is 520. The second kappa shape index (κ2) is 17.6. The molecule has 0 aromatic heterocycles.